The molecule has 18 heavy (non-hydrogen) atoms. The Balaban J connectivity index is 1.94. The van der Waals surface area contributed by atoms with E-state index in [1.54, 1.807) is 12.1 Å². The number of alkyl halides is 1. The van der Waals surface area contributed by atoms with Gasteiger partial charge in [0.25, 0.3) is 0 Å². The van der Waals surface area contributed by atoms with Crippen LogP contribution in [0.15, 0.2) is 29.2 Å². The molecule has 0 saturated heterocycles. The smallest absolute Gasteiger partial charge is 0.181 e. The lowest BCUT2D eigenvalue weighted by atomic mass is 9.64. The number of benzene rings is 1. The maximum absolute atomic E-state index is 12.6. The van der Waals surface area contributed by atoms with E-state index in [4.69, 9.17) is 11.6 Å². The molecule has 1 aromatic rings. The summed E-state index contributed by atoms with van der Waals surface area (Å²) in [6.07, 6.45) is 3.04. The van der Waals surface area contributed by atoms with Crippen molar-refractivity contribution in [3.8, 4) is 0 Å². The van der Waals surface area contributed by atoms with E-state index >= 15 is 0 Å². The van der Waals surface area contributed by atoms with Crippen LogP contribution < -0.4 is 0 Å². The minimum Gasteiger partial charge on any atom is -0.223 e. The van der Waals surface area contributed by atoms with Crippen LogP contribution >= 0.6 is 11.6 Å². The molecule has 2 nitrogen and oxygen atoms in total. The highest BCUT2D eigenvalue weighted by molar-refractivity contribution is 7.92. The molecule has 0 radical (unpaired) electrons. The largest absolute Gasteiger partial charge is 0.223 e. The van der Waals surface area contributed by atoms with Crippen LogP contribution in [0.5, 0.6) is 0 Å². The number of halogens is 1. The normalized spacial score (nSPS) is 35.0. The zero-order chi connectivity index (χ0) is 12.9. The fraction of sp³-hybridized carbons (Fsp3) is 0.571. The molecule has 0 N–H and O–H groups in total. The predicted molar refractivity (Wildman–Crippen MR) is 72.6 cm³/mol. The minimum absolute atomic E-state index is 0.0731. The summed E-state index contributed by atoms with van der Waals surface area (Å²) < 4.78 is 25.3. The summed E-state index contributed by atoms with van der Waals surface area (Å²) >= 11 is 6.27. The van der Waals surface area contributed by atoms with Crippen LogP contribution in [0.1, 0.15) is 24.8 Å². The third kappa shape index (κ3) is 1.71. The fourth-order valence-electron chi connectivity index (χ4n) is 3.43. The van der Waals surface area contributed by atoms with E-state index in [0.29, 0.717) is 4.90 Å². The van der Waals surface area contributed by atoms with Gasteiger partial charge in [0, 0.05) is 5.38 Å². The van der Waals surface area contributed by atoms with Gasteiger partial charge in [0.15, 0.2) is 9.84 Å². The van der Waals surface area contributed by atoms with Crippen molar-refractivity contribution in [2.24, 2.45) is 11.8 Å². The van der Waals surface area contributed by atoms with Gasteiger partial charge in [0.1, 0.15) is 0 Å². The number of rotatable bonds is 2. The van der Waals surface area contributed by atoms with Crippen molar-refractivity contribution in [1.29, 1.82) is 0 Å². The van der Waals surface area contributed by atoms with E-state index in [9.17, 15) is 8.42 Å². The second kappa shape index (κ2) is 4.24. The van der Waals surface area contributed by atoms with Crippen LogP contribution in [0.4, 0.5) is 0 Å². The SMILES string of the molecule is Cc1ccc(S(=O)(=O)C2[C@H]3CCC[C@H]2C3Cl)cc1. The first-order chi connectivity index (χ1) is 8.51. The lowest BCUT2D eigenvalue weighted by molar-refractivity contribution is 0.129. The third-order valence-corrected chi connectivity index (χ3v) is 7.44. The summed E-state index contributed by atoms with van der Waals surface area (Å²) in [5.41, 5.74) is 1.08. The highest BCUT2D eigenvalue weighted by Crippen LogP contribution is 2.53. The van der Waals surface area contributed by atoms with E-state index in [0.717, 1.165) is 24.8 Å². The van der Waals surface area contributed by atoms with Crippen molar-refractivity contribution in [3.05, 3.63) is 29.8 Å². The first-order valence-corrected chi connectivity index (χ1v) is 8.45. The Kier molecular flexibility index (Phi) is 2.94. The number of sulfone groups is 1. The van der Waals surface area contributed by atoms with Gasteiger partial charge in [-0.2, -0.15) is 0 Å². The number of fused-ring (bicyclic) bond motifs is 2. The van der Waals surface area contributed by atoms with E-state index in [1.165, 1.54) is 0 Å². The first-order valence-electron chi connectivity index (χ1n) is 6.46. The van der Waals surface area contributed by atoms with Gasteiger partial charge in [-0.3, -0.25) is 0 Å². The Morgan fingerprint density at radius 2 is 1.67 bits per heavy atom. The van der Waals surface area contributed by atoms with Gasteiger partial charge in [-0.05, 0) is 43.7 Å². The molecule has 0 aliphatic heterocycles. The Hall–Kier alpha value is -0.540. The quantitative estimate of drug-likeness (QED) is 0.782. The van der Waals surface area contributed by atoms with E-state index < -0.39 is 9.84 Å². The Labute approximate surface area is 113 Å². The summed E-state index contributed by atoms with van der Waals surface area (Å²) in [5.74, 6) is 0.327. The van der Waals surface area contributed by atoms with Crippen LogP contribution in [0.2, 0.25) is 0 Å². The van der Waals surface area contributed by atoms with Gasteiger partial charge in [0.05, 0.1) is 10.1 Å². The molecule has 0 amide bonds. The fourth-order valence-corrected chi connectivity index (χ4v) is 6.53. The molecular formula is C14H17ClO2S. The zero-order valence-corrected chi connectivity index (χ0v) is 11.9. The molecular weight excluding hydrogens is 268 g/mol. The standard InChI is InChI=1S/C14H17ClO2S/c1-9-5-7-10(8-6-9)18(16,17)14-11-3-2-4-12(14)13(11)15/h5-8,11-14H,2-4H2,1H3/t11-,12-,13?,14?/m0/s1. The number of hydrogen-bond acceptors (Lipinski definition) is 2. The second-order valence-electron chi connectivity index (χ2n) is 5.53. The average molecular weight is 285 g/mol. The van der Waals surface area contributed by atoms with Crippen molar-refractivity contribution in [2.75, 3.05) is 0 Å². The maximum atomic E-state index is 12.6. The molecule has 2 aliphatic carbocycles. The molecule has 0 unspecified atom stereocenters. The van der Waals surface area contributed by atoms with Crippen LogP contribution in [-0.2, 0) is 9.84 Å². The Bertz CT molecular complexity index is 538. The molecule has 4 heteroatoms. The van der Waals surface area contributed by atoms with Gasteiger partial charge >= 0.3 is 0 Å². The third-order valence-electron chi connectivity index (χ3n) is 4.44. The summed E-state index contributed by atoms with van der Waals surface area (Å²) in [6.45, 7) is 1.96. The number of aryl methyl sites for hydroxylation is 1. The predicted octanol–water partition coefficient (Wildman–Crippen LogP) is 3.17. The van der Waals surface area contributed by atoms with E-state index in [-0.39, 0.29) is 22.5 Å². The highest BCUT2D eigenvalue weighted by atomic mass is 35.5. The minimum atomic E-state index is -3.20. The molecule has 1 aromatic carbocycles. The molecule has 2 bridgehead atoms. The topological polar surface area (TPSA) is 34.1 Å². The van der Waals surface area contributed by atoms with Gasteiger partial charge in [-0.15, -0.1) is 11.6 Å². The molecule has 0 aromatic heterocycles. The Morgan fingerprint density at radius 3 is 2.17 bits per heavy atom. The molecule has 3 rings (SSSR count). The van der Waals surface area contributed by atoms with Crippen molar-refractivity contribution in [2.45, 2.75) is 41.7 Å². The second-order valence-corrected chi connectivity index (χ2v) is 8.14. The van der Waals surface area contributed by atoms with Crippen LogP contribution in [0.3, 0.4) is 0 Å². The van der Waals surface area contributed by atoms with Crippen LogP contribution in [0, 0.1) is 18.8 Å². The number of hydrogen-bond donors (Lipinski definition) is 0. The van der Waals surface area contributed by atoms with Crippen LogP contribution in [0.25, 0.3) is 0 Å². The van der Waals surface area contributed by atoms with Gasteiger partial charge < -0.3 is 0 Å². The molecule has 0 spiro atoms. The van der Waals surface area contributed by atoms with Gasteiger partial charge in [-0.25, -0.2) is 8.42 Å². The maximum Gasteiger partial charge on any atom is 0.181 e. The summed E-state index contributed by atoms with van der Waals surface area (Å²) in [7, 11) is -3.20. The first kappa shape index (κ1) is 12.5. The lowest BCUT2D eigenvalue weighted by Crippen LogP contribution is -2.58. The molecule has 2 saturated carbocycles. The van der Waals surface area contributed by atoms with Crippen molar-refractivity contribution in [3.63, 3.8) is 0 Å². The van der Waals surface area contributed by atoms with E-state index in [1.807, 2.05) is 19.1 Å². The van der Waals surface area contributed by atoms with Crippen LogP contribution in [-0.4, -0.2) is 19.0 Å². The molecule has 2 fully saturated rings. The zero-order valence-electron chi connectivity index (χ0n) is 10.3. The molecule has 98 valence electrons. The highest BCUT2D eigenvalue weighted by Gasteiger charge is 2.57. The lowest BCUT2D eigenvalue weighted by Gasteiger charge is -2.52. The molecule has 0 heterocycles. The van der Waals surface area contributed by atoms with Gasteiger partial charge in [-0.1, -0.05) is 24.1 Å². The Morgan fingerprint density at radius 1 is 1.11 bits per heavy atom. The average Bonchev–Trinajstić information content (AvgIpc) is 2.38. The summed E-state index contributed by atoms with van der Waals surface area (Å²) in [4.78, 5) is 0.457. The monoisotopic (exact) mass is 284 g/mol. The molecule has 2 atom stereocenters. The van der Waals surface area contributed by atoms with Crippen molar-refractivity contribution >= 4 is 21.4 Å². The summed E-state index contributed by atoms with van der Waals surface area (Å²) in [6, 6.07) is 7.17. The molecule has 2 aliphatic rings. The van der Waals surface area contributed by atoms with Crippen molar-refractivity contribution in [1.82, 2.24) is 0 Å². The summed E-state index contributed by atoms with van der Waals surface area (Å²) in [5, 5.41) is -0.166. The van der Waals surface area contributed by atoms with Gasteiger partial charge in [0.2, 0.25) is 0 Å². The van der Waals surface area contributed by atoms with E-state index in [2.05, 4.69) is 0 Å². The van der Waals surface area contributed by atoms with Crippen molar-refractivity contribution < 1.29 is 8.42 Å².